The van der Waals surface area contributed by atoms with Gasteiger partial charge in [0.05, 0.1) is 7.11 Å². The molecule has 0 N–H and O–H groups in total. The molecule has 18 heavy (non-hydrogen) atoms. The number of hydrogen-bond acceptors (Lipinski definition) is 3. The number of carbonyl (C=O) groups is 1. The molecule has 2 rings (SSSR count). The molecule has 3 nitrogen and oxygen atoms in total. The van der Waals surface area contributed by atoms with Crippen molar-refractivity contribution >= 4 is 11.5 Å². The molecule has 0 aromatic heterocycles. The number of benzene rings is 1. The molecule has 1 heterocycles. The second kappa shape index (κ2) is 5.36. The van der Waals surface area contributed by atoms with Crippen molar-refractivity contribution in [1.29, 1.82) is 0 Å². The van der Waals surface area contributed by atoms with Crippen molar-refractivity contribution in [2.24, 2.45) is 0 Å². The number of esters is 1. The van der Waals surface area contributed by atoms with E-state index in [9.17, 15) is 4.79 Å². The molecule has 0 atom stereocenters. The normalized spacial score (nSPS) is 16.8. The number of rotatable bonds is 2. The molecule has 3 heteroatoms. The summed E-state index contributed by atoms with van der Waals surface area (Å²) in [5.41, 5.74) is 4.28. The summed E-state index contributed by atoms with van der Waals surface area (Å²) in [6.07, 6.45) is 0.757. The summed E-state index contributed by atoms with van der Waals surface area (Å²) in [4.78, 5) is 14.1. The lowest BCUT2D eigenvalue weighted by Crippen LogP contribution is -2.30. The maximum Gasteiger partial charge on any atom is 0.334 e. The van der Waals surface area contributed by atoms with Crippen molar-refractivity contribution in [2.45, 2.75) is 13.3 Å². The van der Waals surface area contributed by atoms with Crippen LogP contribution in [0.5, 0.6) is 0 Å². The van der Waals surface area contributed by atoms with Crippen LogP contribution in [0.15, 0.2) is 29.8 Å². The molecule has 1 aromatic rings. The maximum absolute atomic E-state index is 11.9. The van der Waals surface area contributed by atoms with Crippen LogP contribution in [0.1, 0.15) is 17.5 Å². The number of nitrogens with zero attached hydrogens (tertiary/aromatic N) is 1. The molecule has 0 bridgehead atoms. The SMILES string of the molecule is COC(=O)C1=C(c2ccccc2C)CN(C)CC1. The van der Waals surface area contributed by atoms with E-state index in [4.69, 9.17) is 4.74 Å². The average molecular weight is 245 g/mol. The van der Waals surface area contributed by atoms with Crippen LogP contribution in [-0.4, -0.2) is 38.1 Å². The lowest BCUT2D eigenvalue weighted by Gasteiger charge is -2.27. The summed E-state index contributed by atoms with van der Waals surface area (Å²) < 4.78 is 4.90. The third-order valence-corrected chi connectivity index (χ3v) is 3.44. The second-order valence-electron chi connectivity index (χ2n) is 4.75. The first-order chi connectivity index (χ1) is 8.63. The summed E-state index contributed by atoms with van der Waals surface area (Å²) in [6, 6.07) is 8.18. The van der Waals surface area contributed by atoms with E-state index in [1.54, 1.807) is 0 Å². The fourth-order valence-corrected chi connectivity index (χ4v) is 2.41. The van der Waals surface area contributed by atoms with E-state index in [2.05, 4.69) is 31.0 Å². The first-order valence-corrected chi connectivity index (χ1v) is 6.18. The molecule has 1 aliphatic rings. The average Bonchev–Trinajstić information content (AvgIpc) is 2.38. The summed E-state index contributed by atoms with van der Waals surface area (Å²) in [7, 11) is 3.52. The standard InChI is InChI=1S/C15H19NO2/c1-11-6-4-5-7-12(11)14-10-16(2)9-8-13(14)15(17)18-3/h4-7H,8-10H2,1-3H3. The number of aryl methyl sites for hydroxylation is 1. The van der Waals surface area contributed by atoms with Crippen molar-refractivity contribution in [2.75, 3.05) is 27.2 Å². The molecule has 0 unspecified atom stereocenters. The molecule has 1 aromatic carbocycles. The molecule has 0 saturated heterocycles. The van der Waals surface area contributed by atoms with Crippen LogP contribution in [0, 0.1) is 6.92 Å². The van der Waals surface area contributed by atoms with Gasteiger partial charge in [-0.2, -0.15) is 0 Å². The Balaban J connectivity index is 2.51. The van der Waals surface area contributed by atoms with Gasteiger partial charge in [0.1, 0.15) is 0 Å². The predicted molar refractivity (Wildman–Crippen MR) is 72.2 cm³/mol. The first-order valence-electron chi connectivity index (χ1n) is 6.18. The molecule has 0 amide bonds. The number of ether oxygens (including phenoxy) is 1. The Bertz CT molecular complexity index is 491. The highest BCUT2D eigenvalue weighted by molar-refractivity contribution is 5.98. The molecular weight excluding hydrogens is 226 g/mol. The zero-order valence-corrected chi connectivity index (χ0v) is 11.2. The number of hydrogen-bond donors (Lipinski definition) is 0. The van der Waals surface area contributed by atoms with Crippen molar-refractivity contribution in [3.8, 4) is 0 Å². The molecule has 0 aliphatic carbocycles. The van der Waals surface area contributed by atoms with E-state index in [1.807, 2.05) is 12.1 Å². The number of methoxy groups -OCH3 is 1. The monoisotopic (exact) mass is 245 g/mol. The number of carbonyl (C=O) groups excluding carboxylic acids is 1. The Morgan fingerprint density at radius 1 is 1.33 bits per heavy atom. The molecule has 0 saturated carbocycles. The highest BCUT2D eigenvalue weighted by atomic mass is 16.5. The number of likely N-dealkylation sites (N-methyl/N-ethyl adjacent to an activating group) is 1. The minimum atomic E-state index is -0.193. The molecule has 0 spiro atoms. The van der Waals surface area contributed by atoms with Gasteiger partial charge in [0.2, 0.25) is 0 Å². The maximum atomic E-state index is 11.9. The molecule has 0 radical (unpaired) electrons. The fourth-order valence-electron chi connectivity index (χ4n) is 2.41. The van der Waals surface area contributed by atoms with Crippen LogP contribution in [0.3, 0.4) is 0 Å². The summed E-state index contributed by atoms with van der Waals surface area (Å²) in [6.45, 7) is 3.78. The van der Waals surface area contributed by atoms with Gasteiger partial charge >= 0.3 is 5.97 Å². The van der Waals surface area contributed by atoms with Gasteiger partial charge in [0.15, 0.2) is 0 Å². The highest BCUT2D eigenvalue weighted by Crippen LogP contribution is 2.28. The van der Waals surface area contributed by atoms with E-state index in [0.29, 0.717) is 0 Å². The Kier molecular flexibility index (Phi) is 3.82. The molecule has 96 valence electrons. The lowest BCUT2D eigenvalue weighted by molar-refractivity contribution is -0.136. The minimum Gasteiger partial charge on any atom is -0.466 e. The van der Waals surface area contributed by atoms with E-state index in [1.165, 1.54) is 12.7 Å². The van der Waals surface area contributed by atoms with E-state index in [-0.39, 0.29) is 5.97 Å². The third-order valence-electron chi connectivity index (χ3n) is 3.44. The fraction of sp³-hybridized carbons (Fsp3) is 0.400. The van der Waals surface area contributed by atoms with E-state index in [0.717, 1.165) is 36.2 Å². The molecular formula is C15H19NO2. The topological polar surface area (TPSA) is 29.5 Å². The molecule has 1 aliphatic heterocycles. The zero-order valence-electron chi connectivity index (χ0n) is 11.2. The van der Waals surface area contributed by atoms with Gasteiger partial charge in [-0.05, 0) is 37.1 Å². The second-order valence-corrected chi connectivity index (χ2v) is 4.75. The van der Waals surface area contributed by atoms with Crippen LogP contribution in [0.25, 0.3) is 5.57 Å². The Morgan fingerprint density at radius 3 is 2.72 bits per heavy atom. The quantitative estimate of drug-likeness (QED) is 0.748. The van der Waals surface area contributed by atoms with Crippen molar-refractivity contribution in [3.05, 3.63) is 41.0 Å². The smallest absolute Gasteiger partial charge is 0.334 e. The molecule has 0 fully saturated rings. The van der Waals surface area contributed by atoms with Gasteiger partial charge in [-0.3, -0.25) is 0 Å². The first kappa shape index (κ1) is 12.8. The minimum absolute atomic E-state index is 0.193. The Hall–Kier alpha value is -1.61. The van der Waals surface area contributed by atoms with Crippen LogP contribution < -0.4 is 0 Å². The predicted octanol–water partition coefficient (Wildman–Crippen LogP) is 2.26. The summed E-state index contributed by atoms with van der Waals surface area (Å²) in [5.74, 6) is -0.193. The van der Waals surface area contributed by atoms with Gasteiger partial charge in [0, 0.05) is 18.7 Å². The Morgan fingerprint density at radius 2 is 2.06 bits per heavy atom. The van der Waals surface area contributed by atoms with Crippen molar-refractivity contribution < 1.29 is 9.53 Å². The highest BCUT2D eigenvalue weighted by Gasteiger charge is 2.23. The third kappa shape index (κ3) is 2.46. The van der Waals surface area contributed by atoms with Crippen LogP contribution >= 0.6 is 0 Å². The summed E-state index contributed by atoms with van der Waals surface area (Å²) in [5, 5.41) is 0. The van der Waals surface area contributed by atoms with E-state index >= 15 is 0 Å². The van der Waals surface area contributed by atoms with Gasteiger partial charge in [-0.1, -0.05) is 24.3 Å². The van der Waals surface area contributed by atoms with Crippen LogP contribution in [0.2, 0.25) is 0 Å². The van der Waals surface area contributed by atoms with Crippen LogP contribution in [-0.2, 0) is 9.53 Å². The van der Waals surface area contributed by atoms with Crippen molar-refractivity contribution in [1.82, 2.24) is 4.90 Å². The lowest BCUT2D eigenvalue weighted by atomic mass is 9.91. The summed E-state index contributed by atoms with van der Waals surface area (Å²) >= 11 is 0. The largest absolute Gasteiger partial charge is 0.466 e. The Labute approximate surface area is 108 Å². The van der Waals surface area contributed by atoms with Gasteiger partial charge in [0.25, 0.3) is 0 Å². The van der Waals surface area contributed by atoms with E-state index < -0.39 is 0 Å². The van der Waals surface area contributed by atoms with Gasteiger partial charge in [-0.15, -0.1) is 0 Å². The van der Waals surface area contributed by atoms with Gasteiger partial charge < -0.3 is 9.64 Å². The van der Waals surface area contributed by atoms with Gasteiger partial charge in [-0.25, -0.2) is 4.79 Å². The zero-order chi connectivity index (χ0) is 13.1. The van der Waals surface area contributed by atoms with Crippen molar-refractivity contribution in [3.63, 3.8) is 0 Å². The van der Waals surface area contributed by atoms with Crippen LogP contribution in [0.4, 0.5) is 0 Å².